The molecule has 0 unspecified atom stereocenters. The maximum atomic E-state index is 5.26. The molecule has 0 aromatic heterocycles. The van der Waals surface area contributed by atoms with Crippen LogP contribution in [0.5, 0.6) is 5.75 Å². The molecular weight excluding hydrogens is 178 g/mol. The average molecular weight is 189 g/mol. The monoisotopic (exact) mass is 189 g/mol. The number of benzene rings is 1. The Labute approximate surface area is 82.8 Å². The van der Waals surface area contributed by atoms with Crippen molar-refractivity contribution in [3.05, 3.63) is 48.9 Å². The van der Waals surface area contributed by atoms with E-state index < -0.39 is 0 Å². The van der Waals surface area contributed by atoms with E-state index in [-0.39, 0.29) is 0 Å². The summed E-state index contributed by atoms with van der Waals surface area (Å²) in [4.78, 5) is 5.26. The van der Waals surface area contributed by atoms with Crippen LogP contribution < -0.4 is 9.80 Å². The lowest BCUT2D eigenvalue weighted by Gasteiger charge is -2.19. The Balaban J connectivity index is 2.16. The predicted octanol–water partition coefficient (Wildman–Crippen LogP) is 2.47. The molecule has 72 valence electrons. The third-order valence-corrected chi connectivity index (χ3v) is 1.91. The van der Waals surface area contributed by atoms with Gasteiger partial charge in [0.05, 0.1) is 12.8 Å². The van der Waals surface area contributed by atoms with Crippen LogP contribution in [0, 0.1) is 0 Å². The van der Waals surface area contributed by atoms with Gasteiger partial charge in [0.15, 0.2) is 0 Å². The van der Waals surface area contributed by atoms with Gasteiger partial charge in [-0.05, 0) is 36.4 Å². The van der Waals surface area contributed by atoms with Gasteiger partial charge in [0.1, 0.15) is 12.0 Å². The summed E-state index contributed by atoms with van der Waals surface area (Å²) in [5, 5.41) is 1.68. The van der Waals surface area contributed by atoms with Gasteiger partial charge in [-0.2, -0.15) is 5.06 Å². The van der Waals surface area contributed by atoms with Crippen LogP contribution >= 0.6 is 0 Å². The molecule has 0 amide bonds. The smallest absolute Gasteiger partial charge is 0.120 e. The standard InChI is InChI=1S/C11H11NO2/c1-13-11-6-4-10(5-7-11)12-8-2-3-9-14-12/h2-9H,1H3. The number of ether oxygens (including phenoxy) is 1. The van der Waals surface area contributed by atoms with Gasteiger partial charge >= 0.3 is 0 Å². The van der Waals surface area contributed by atoms with E-state index in [1.54, 1.807) is 18.4 Å². The van der Waals surface area contributed by atoms with Crippen molar-refractivity contribution in [3.63, 3.8) is 0 Å². The summed E-state index contributed by atoms with van der Waals surface area (Å²) in [6.07, 6.45) is 7.22. The molecule has 0 fully saturated rings. The van der Waals surface area contributed by atoms with Crippen LogP contribution in [0.25, 0.3) is 0 Å². The molecule has 2 rings (SSSR count). The Hall–Kier alpha value is -1.90. The molecule has 0 saturated heterocycles. The molecule has 14 heavy (non-hydrogen) atoms. The fourth-order valence-electron chi connectivity index (χ4n) is 1.19. The molecule has 1 heterocycles. The lowest BCUT2D eigenvalue weighted by Crippen LogP contribution is -2.14. The second kappa shape index (κ2) is 3.87. The Morgan fingerprint density at radius 2 is 1.93 bits per heavy atom. The van der Waals surface area contributed by atoms with Crippen LogP contribution in [0.1, 0.15) is 0 Å². The van der Waals surface area contributed by atoms with Crippen LogP contribution in [0.4, 0.5) is 5.69 Å². The van der Waals surface area contributed by atoms with Crippen LogP contribution in [-0.2, 0) is 4.84 Å². The van der Waals surface area contributed by atoms with Gasteiger partial charge in [0.25, 0.3) is 0 Å². The zero-order chi connectivity index (χ0) is 9.80. The number of rotatable bonds is 2. The molecule has 0 atom stereocenters. The first-order valence-corrected chi connectivity index (χ1v) is 4.33. The summed E-state index contributed by atoms with van der Waals surface area (Å²) in [5.74, 6) is 0.838. The third-order valence-electron chi connectivity index (χ3n) is 1.91. The van der Waals surface area contributed by atoms with Crippen LogP contribution in [0.3, 0.4) is 0 Å². The molecule has 1 aliphatic heterocycles. The van der Waals surface area contributed by atoms with Crippen LogP contribution in [0.15, 0.2) is 48.9 Å². The summed E-state index contributed by atoms with van der Waals surface area (Å²) in [7, 11) is 1.65. The largest absolute Gasteiger partial charge is 0.497 e. The van der Waals surface area contributed by atoms with Crippen molar-refractivity contribution in [2.24, 2.45) is 0 Å². The van der Waals surface area contributed by atoms with Crippen molar-refractivity contribution in [3.8, 4) is 5.75 Å². The van der Waals surface area contributed by atoms with Crippen molar-refractivity contribution in [1.29, 1.82) is 0 Å². The SMILES string of the molecule is COc1ccc(N2C=CC=CO2)cc1. The van der Waals surface area contributed by atoms with Crippen molar-refractivity contribution >= 4 is 5.69 Å². The molecular formula is C11H11NO2. The van der Waals surface area contributed by atoms with Gasteiger partial charge in [0, 0.05) is 6.20 Å². The minimum atomic E-state index is 0.838. The summed E-state index contributed by atoms with van der Waals surface area (Å²) < 4.78 is 5.07. The third kappa shape index (κ3) is 1.71. The molecule has 0 aliphatic carbocycles. The minimum Gasteiger partial charge on any atom is -0.497 e. The van der Waals surface area contributed by atoms with E-state index in [1.165, 1.54) is 0 Å². The van der Waals surface area contributed by atoms with Crippen molar-refractivity contribution in [2.45, 2.75) is 0 Å². The molecule has 0 N–H and O–H groups in total. The average Bonchev–Trinajstić information content (AvgIpc) is 2.30. The zero-order valence-electron chi connectivity index (χ0n) is 7.88. The van der Waals surface area contributed by atoms with E-state index in [1.807, 2.05) is 42.6 Å². The molecule has 0 bridgehead atoms. The maximum absolute atomic E-state index is 5.26. The lowest BCUT2D eigenvalue weighted by atomic mass is 10.3. The van der Waals surface area contributed by atoms with E-state index in [2.05, 4.69) is 0 Å². The van der Waals surface area contributed by atoms with E-state index in [0.717, 1.165) is 11.4 Å². The van der Waals surface area contributed by atoms with E-state index >= 15 is 0 Å². The maximum Gasteiger partial charge on any atom is 0.120 e. The highest BCUT2D eigenvalue weighted by atomic mass is 16.7. The molecule has 1 aromatic carbocycles. The van der Waals surface area contributed by atoms with Gasteiger partial charge in [0.2, 0.25) is 0 Å². The van der Waals surface area contributed by atoms with Crippen LogP contribution in [0.2, 0.25) is 0 Å². The minimum absolute atomic E-state index is 0.838. The van der Waals surface area contributed by atoms with E-state index in [9.17, 15) is 0 Å². The first-order chi connectivity index (χ1) is 6.90. The van der Waals surface area contributed by atoms with Crippen molar-refractivity contribution in [1.82, 2.24) is 0 Å². The normalized spacial score (nSPS) is 13.9. The quantitative estimate of drug-likeness (QED) is 0.713. The second-order valence-electron chi connectivity index (χ2n) is 2.80. The first kappa shape index (κ1) is 8.69. The van der Waals surface area contributed by atoms with Crippen LogP contribution in [-0.4, -0.2) is 7.11 Å². The summed E-state index contributed by atoms with van der Waals surface area (Å²) in [6.45, 7) is 0. The lowest BCUT2D eigenvalue weighted by molar-refractivity contribution is 0.245. The Kier molecular flexibility index (Phi) is 2.40. The highest BCUT2D eigenvalue weighted by molar-refractivity contribution is 5.49. The highest BCUT2D eigenvalue weighted by Crippen LogP contribution is 2.20. The topological polar surface area (TPSA) is 21.7 Å². The van der Waals surface area contributed by atoms with Crippen molar-refractivity contribution in [2.75, 3.05) is 12.2 Å². The number of hydroxylamine groups is 1. The summed E-state index contributed by atoms with van der Waals surface area (Å²) in [5.41, 5.74) is 0.964. The van der Waals surface area contributed by atoms with E-state index in [4.69, 9.17) is 9.57 Å². The fourth-order valence-corrected chi connectivity index (χ4v) is 1.19. The summed E-state index contributed by atoms with van der Waals surface area (Å²) in [6, 6.07) is 7.65. The zero-order valence-corrected chi connectivity index (χ0v) is 7.88. The number of hydrogen-bond acceptors (Lipinski definition) is 3. The number of nitrogens with zero attached hydrogens (tertiary/aromatic N) is 1. The summed E-state index contributed by atoms with van der Waals surface area (Å²) >= 11 is 0. The predicted molar refractivity (Wildman–Crippen MR) is 54.8 cm³/mol. The molecule has 3 nitrogen and oxygen atoms in total. The van der Waals surface area contributed by atoms with Gasteiger partial charge in [-0.15, -0.1) is 0 Å². The highest BCUT2D eigenvalue weighted by Gasteiger charge is 2.03. The van der Waals surface area contributed by atoms with Gasteiger partial charge in [-0.3, -0.25) is 0 Å². The molecule has 0 radical (unpaired) electrons. The number of allylic oxidation sites excluding steroid dienone is 2. The molecule has 3 heteroatoms. The molecule has 1 aromatic rings. The Morgan fingerprint density at radius 3 is 2.50 bits per heavy atom. The number of hydrogen-bond donors (Lipinski definition) is 0. The molecule has 0 spiro atoms. The first-order valence-electron chi connectivity index (χ1n) is 4.33. The Bertz CT molecular complexity index is 354. The van der Waals surface area contributed by atoms with Crippen molar-refractivity contribution < 1.29 is 9.57 Å². The van der Waals surface area contributed by atoms with Gasteiger partial charge in [-0.1, -0.05) is 0 Å². The molecule has 0 saturated carbocycles. The molecule has 1 aliphatic rings. The second-order valence-corrected chi connectivity index (χ2v) is 2.80. The van der Waals surface area contributed by atoms with Gasteiger partial charge < -0.3 is 9.57 Å². The number of methoxy groups -OCH3 is 1. The van der Waals surface area contributed by atoms with E-state index in [0.29, 0.717) is 0 Å². The number of anilines is 1. The fraction of sp³-hybridized carbons (Fsp3) is 0.0909. The Morgan fingerprint density at radius 1 is 1.14 bits per heavy atom. The van der Waals surface area contributed by atoms with Gasteiger partial charge in [-0.25, -0.2) is 0 Å².